The number of amides is 1. The number of rotatable bonds is 9. The van der Waals surface area contributed by atoms with Gasteiger partial charge in [-0.3, -0.25) is 9.59 Å². The summed E-state index contributed by atoms with van der Waals surface area (Å²) in [6.45, 7) is 1.99. The Morgan fingerprint density at radius 1 is 0.857 bits per heavy atom. The second-order valence-electron chi connectivity index (χ2n) is 8.43. The predicted octanol–water partition coefficient (Wildman–Crippen LogP) is 6.62. The molecule has 4 aromatic carbocycles. The van der Waals surface area contributed by atoms with Crippen molar-refractivity contribution in [2.24, 2.45) is 0 Å². The number of para-hydroxylation sites is 1. The van der Waals surface area contributed by atoms with Gasteiger partial charge in [0.1, 0.15) is 11.5 Å². The normalized spacial score (nSPS) is 11.6. The Kier molecular flexibility index (Phi) is 7.78. The van der Waals surface area contributed by atoms with Crippen LogP contribution in [0.1, 0.15) is 47.3 Å². The fourth-order valence-corrected chi connectivity index (χ4v) is 4.18. The summed E-state index contributed by atoms with van der Waals surface area (Å²) >= 11 is 0. The molecule has 0 radical (unpaired) electrons. The van der Waals surface area contributed by atoms with E-state index in [9.17, 15) is 9.59 Å². The third kappa shape index (κ3) is 6.07. The molecule has 0 unspecified atom stereocenters. The fraction of sp³-hybridized carbons (Fsp3) is 0.200. The molecule has 1 amide bonds. The van der Waals surface area contributed by atoms with Gasteiger partial charge < -0.3 is 14.8 Å². The SMILES string of the molecule is COC(=O)CCCc1ccc(Oc2ccccc2)cc1C(=O)N[C@H](C)c1cccc2ccccc12. The quantitative estimate of drug-likeness (QED) is 0.281. The maximum atomic E-state index is 13.5. The van der Waals surface area contributed by atoms with E-state index in [-0.39, 0.29) is 17.9 Å². The van der Waals surface area contributed by atoms with Crippen molar-refractivity contribution in [2.75, 3.05) is 7.11 Å². The second kappa shape index (κ2) is 11.3. The first kappa shape index (κ1) is 24.0. The van der Waals surface area contributed by atoms with Crippen LogP contribution in [0.15, 0.2) is 91.0 Å². The number of methoxy groups -OCH3 is 1. The average molecular weight is 468 g/mol. The van der Waals surface area contributed by atoms with Crippen LogP contribution in [0, 0.1) is 0 Å². The van der Waals surface area contributed by atoms with Crippen LogP contribution in [-0.4, -0.2) is 19.0 Å². The topological polar surface area (TPSA) is 64.6 Å². The lowest BCUT2D eigenvalue weighted by Crippen LogP contribution is -2.27. The van der Waals surface area contributed by atoms with Gasteiger partial charge in [-0.05, 0) is 65.9 Å². The molecular weight excluding hydrogens is 438 g/mol. The van der Waals surface area contributed by atoms with Crippen LogP contribution in [0.2, 0.25) is 0 Å². The zero-order valence-corrected chi connectivity index (χ0v) is 20.0. The lowest BCUT2D eigenvalue weighted by Gasteiger charge is -2.19. The van der Waals surface area contributed by atoms with Gasteiger partial charge in [0.05, 0.1) is 13.2 Å². The third-order valence-corrected chi connectivity index (χ3v) is 6.00. The second-order valence-corrected chi connectivity index (χ2v) is 8.43. The number of ether oxygens (including phenoxy) is 2. The highest BCUT2D eigenvalue weighted by atomic mass is 16.5. The van der Waals surface area contributed by atoms with Crippen LogP contribution < -0.4 is 10.1 Å². The molecule has 4 rings (SSSR count). The lowest BCUT2D eigenvalue weighted by atomic mass is 9.98. The molecule has 0 fully saturated rings. The standard InChI is InChI=1S/C30H29NO4/c1-21(26-16-8-11-22-10-6-7-15-27(22)26)31-30(33)28-20-25(35-24-13-4-3-5-14-24)19-18-23(28)12-9-17-29(32)34-2/h3-8,10-11,13-16,18-21H,9,12,17H2,1-2H3,(H,31,33)/t21-/m1/s1. The molecule has 0 spiro atoms. The Bertz CT molecular complexity index is 1310. The van der Waals surface area contributed by atoms with Gasteiger partial charge in [-0.1, -0.05) is 66.7 Å². The molecule has 0 aliphatic heterocycles. The van der Waals surface area contributed by atoms with E-state index in [4.69, 9.17) is 9.47 Å². The van der Waals surface area contributed by atoms with Crippen LogP contribution in [0.25, 0.3) is 10.8 Å². The summed E-state index contributed by atoms with van der Waals surface area (Å²) in [4.78, 5) is 25.1. The third-order valence-electron chi connectivity index (χ3n) is 6.00. The first-order chi connectivity index (χ1) is 17.0. The van der Waals surface area contributed by atoms with Crippen molar-refractivity contribution in [3.63, 3.8) is 0 Å². The summed E-state index contributed by atoms with van der Waals surface area (Å²) in [5.74, 6) is 0.832. The molecule has 0 saturated carbocycles. The van der Waals surface area contributed by atoms with Crippen LogP contribution >= 0.6 is 0 Å². The molecule has 0 bridgehead atoms. The molecule has 0 aliphatic carbocycles. The highest BCUT2D eigenvalue weighted by Crippen LogP contribution is 2.27. The summed E-state index contributed by atoms with van der Waals surface area (Å²) < 4.78 is 10.7. The van der Waals surface area contributed by atoms with E-state index in [2.05, 4.69) is 23.5 Å². The zero-order valence-electron chi connectivity index (χ0n) is 20.0. The molecule has 0 saturated heterocycles. The Hall–Kier alpha value is -4.12. The number of carbonyl (C=O) groups excluding carboxylic acids is 2. The van der Waals surface area contributed by atoms with Gasteiger partial charge in [-0.2, -0.15) is 0 Å². The van der Waals surface area contributed by atoms with Crippen molar-refractivity contribution >= 4 is 22.6 Å². The van der Waals surface area contributed by atoms with E-state index in [0.29, 0.717) is 36.3 Å². The van der Waals surface area contributed by atoms with Gasteiger partial charge >= 0.3 is 5.97 Å². The number of esters is 1. The number of fused-ring (bicyclic) bond motifs is 1. The van der Waals surface area contributed by atoms with Crippen LogP contribution in [0.4, 0.5) is 0 Å². The summed E-state index contributed by atoms with van der Waals surface area (Å²) in [6, 6.07) is 29.0. The Morgan fingerprint density at radius 2 is 1.60 bits per heavy atom. The summed E-state index contributed by atoms with van der Waals surface area (Å²) in [6.07, 6.45) is 1.46. The van der Waals surface area contributed by atoms with Gasteiger partial charge in [0, 0.05) is 12.0 Å². The molecule has 178 valence electrons. The molecular formula is C30H29NO4. The van der Waals surface area contributed by atoms with E-state index in [0.717, 1.165) is 21.9 Å². The number of carbonyl (C=O) groups is 2. The Morgan fingerprint density at radius 3 is 2.40 bits per heavy atom. The molecule has 0 aromatic heterocycles. The zero-order chi connectivity index (χ0) is 24.6. The van der Waals surface area contributed by atoms with E-state index in [1.54, 1.807) is 6.07 Å². The number of hydrogen-bond donors (Lipinski definition) is 1. The Labute approximate surface area is 205 Å². The van der Waals surface area contributed by atoms with E-state index in [1.807, 2.05) is 73.7 Å². The van der Waals surface area contributed by atoms with Crippen molar-refractivity contribution in [3.05, 3.63) is 108 Å². The van der Waals surface area contributed by atoms with Crippen molar-refractivity contribution in [2.45, 2.75) is 32.2 Å². The molecule has 4 aromatic rings. The van der Waals surface area contributed by atoms with Crippen molar-refractivity contribution < 1.29 is 19.1 Å². The number of aryl methyl sites for hydroxylation is 1. The number of benzene rings is 4. The maximum absolute atomic E-state index is 13.5. The Balaban J connectivity index is 1.59. The van der Waals surface area contributed by atoms with Gasteiger partial charge in [0.25, 0.3) is 5.91 Å². The minimum atomic E-state index is -0.260. The summed E-state index contributed by atoms with van der Waals surface area (Å²) in [5.41, 5.74) is 2.45. The van der Waals surface area contributed by atoms with Crippen LogP contribution in [0.3, 0.4) is 0 Å². The first-order valence-corrected chi connectivity index (χ1v) is 11.8. The average Bonchev–Trinajstić information content (AvgIpc) is 2.89. The van der Waals surface area contributed by atoms with Crippen LogP contribution in [0.5, 0.6) is 11.5 Å². The molecule has 0 heterocycles. The summed E-state index contributed by atoms with van der Waals surface area (Å²) in [7, 11) is 1.38. The largest absolute Gasteiger partial charge is 0.469 e. The monoisotopic (exact) mass is 467 g/mol. The summed E-state index contributed by atoms with van der Waals surface area (Å²) in [5, 5.41) is 5.41. The van der Waals surface area contributed by atoms with Crippen LogP contribution in [-0.2, 0) is 16.0 Å². The lowest BCUT2D eigenvalue weighted by molar-refractivity contribution is -0.140. The molecule has 1 N–H and O–H groups in total. The molecule has 0 aliphatic rings. The van der Waals surface area contributed by atoms with Crippen molar-refractivity contribution in [3.8, 4) is 11.5 Å². The van der Waals surface area contributed by atoms with Gasteiger partial charge in [0.15, 0.2) is 0 Å². The van der Waals surface area contributed by atoms with Crippen molar-refractivity contribution in [1.82, 2.24) is 5.32 Å². The minimum Gasteiger partial charge on any atom is -0.469 e. The predicted molar refractivity (Wildman–Crippen MR) is 138 cm³/mol. The number of nitrogens with one attached hydrogen (secondary N) is 1. The number of hydrogen-bond acceptors (Lipinski definition) is 4. The van der Waals surface area contributed by atoms with E-state index >= 15 is 0 Å². The van der Waals surface area contributed by atoms with Gasteiger partial charge in [-0.25, -0.2) is 0 Å². The minimum absolute atomic E-state index is 0.183. The maximum Gasteiger partial charge on any atom is 0.305 e. The highest BCUT2D eigenvalue weighted by Gasteiger charge is 2.18. The fourth-order valence-electron chi connectivity index (χ4n) is 4.18. The smallest absolute Gasteiger partial charge is 0.305 e. The molecule has 5 heteroatoms. The molecule has 1 atom stereocenters. The van der Waals surface area contributed by atoms with Gasteiger partial charge in [0.2, 0.25) is 0 Å². The highest BCUT2D eigenvalue weighted by molar-refractivity contribution is 5.97. The molecule has 5 nitrogen and oxygen atoms in total. The molecule has 35 heavy (non-hydrogen) atoms. The van der Waals surface area contributed by atoms with E-state index in [1.165, 1.54) is 7.11 Å². The van der Waals surface area contributed by atoms with E-state index < -0.39 is 0 Å². The van der Waals surface area contributed by atoms with Gasteiger partial charge in [-0.15, -0.1) is 0 Å². The first-order valence-electron chi connectivity index (χ1n) is 11.8. The van der Waals surface area contributed by atoms with Crippen molar-refractivity contribution in [1.29, 1.82) is 0 Å².